The quantitative estimate of drug-likeness (QED) is 0.889. The van der Waals surface area contributed by atoms with Gasteiger partial charge in [0.2, 0.25) is 0 Å². The smallest absolute Gasteiger partial charge is 0.254 e. The van der Waals surface area contributed by atoms with Crippen LogP contribution >= 0.6 is 0 Å². The minimum atomic E-state index is -0.471. The van der Waals surface area contributed by atoms with Crippen LogP contribution in [0.15, 0.2) is 18.2 Å². The van der Waals surface area contributed by atoms with E-state index in [9.17, 15) is 9.18 Å². The molecule has 1 heterocycles. The molecule has 0 amide bonds. The summed E-state index contributed by atoms with van der Waals surface area (Å²) in [6.07, 6.45) is 3.23. The summed E-state index contributed by atoms with van der Waals surface area (Å²) in [6, 6.07) is 4.48. The van der Waals surface area contributed by atoms with Crippen LogP contribution in [-0.2, 0) is 12.8 Å². The lowest BCUT2D eigenvalue weighted by Crippen LogP contribution is -2.25. The second-order valence-corrected chi connectivity index (χ2v) is 6.85. The fraction of sp³-hybridized carbons (Fsp3) is 0.474. The van der Waals surface area contributed by atoms with Crippen molar-refractivity contribution in [2.75, 3.05) is 18.1 Å². The standard InChI is InChI=1S/C19H25FN4O/c1-4-13(14-10-12(20)6-7-16(14)22-3)19(25)24-17-8-5-11(2)9-15(17)18(21)23-24/h6-7,10-11,13,22H,4-5,8-9H2,1-3H3,(H2,21,23). The largest absolute Gasteiger partial charge is 0.388 e. The van der Waals surface area contributed by atoms with E-state index >= 15 is 0 Å². The molecule has 3 rings (SSSR count). The fourth-order valence-corrected chi connectivity index (χ4v) is 3.72. The van der Waals surface area contributed by atoms with E-state index in [2.05, 4.69) is 17.3 Å². The lowest BCUT2D eigenvalue weighted by molar-refractivity contribution is 0.0854. The van der Waals surface area contributed by atoms with Crippen LogP contribution < -0.4 is 11.1 Å². The fourth-order valence-electron chi connectivity index (χ4n) is 3.72. The van der Waals surface area contributed by atoms with Crippen molar-refractivity contribution in [3.8, 4) is 0 Å². The number of hydrogen-bond donors (Lipinski definition) is 2. The Labute approximate surface area is 147 Å². The van der Waals surface area contributed by atoms with E-state index in [1.54, 1.807) is 13.1 Å². The lowest BCUT2D eigenvalue weighted by atomic mass is 9.88. The number of rotatable bonds is 4. The summed E-state index contributed by atoms with van der Waals surface area (Å²) >= 11 is 0. The molecule has 1 aliphatic carbocycles. The van der Waals surface area contributed by atoms with Gasteiger partial charge in [0.05, 0.1) is 11.6 Å². The van der Waals surface area contributed by atoms with E-state index < -0.39 is 5.92 Å². The number of carbonyl (C=O) groups is 1. The number of hydrogen-bond acceptors (Lipinski definition) is 4. The number of benzene rings is 1. The van der Waals surface area contributed by atoms with E-state index in [0.29, 0.717) is 23.7 Å². The third kappa shape index (κ3) is 3.13. The minimum Gasteiger partial charge on any atom is -0.388 e. The number of halogens is 1. The highest BCUT2D eigenvalue weighted by Gasteiger charge is 2.30. The highest BCUT2D eigenvalue weighted by molar-refractivity contribution is 5.88. The van der Waals surface area contributed by atoms with Gasteiger partial charge in [-0.3, -0.25) is 4.79 Å². The van der Waals surface area contributed by atoms with Gasteiger partial charge in [-0.25, -0.2) is 9.07 Å². The molecular formula is C19H25FN4O. The molecule has 0 saturated carbocycles. The third-order valence-electron chi connectivity index (χ3n) is 5.12. The summed E-state index contributed by atoms with van der Waals surface area (Å²) in [7, 11) is 1.77. The average molecular weight is 344 g/mol. The van der Waals surface area contributed by atoms with Crippen molar-refractivity contribution >= 4 is 17.4 Å². The van der Waals surface area contributed by atoms with E-state index in [0.717, 1.165) is 36.2 Å². The van der Waals surface area contributed by atoms with Gasteiger partial charge in [-0.05, 0) is 55.4 Å². The SMILES string of the molecule is CCC(C(=O)n1nc(N)c2c1CCC(C)C2)c1cc(F)ccc1NC. The Balaban J connectivity index is 2.03. The Morgan fingerprint density at radius 1 is 1.52 bits per heavy atom. The number of anilines is 2. The minimum absolute atomic E-state index is 0.146. The Morgan fingerprint density at radius 2 is 2.28 bits per heavy atom. The van der Waals surface area contributed by atoms with Gasteiger partial charge >= 0.3 is 0 Å². The molecule has 6 heteroatoms. The van der Waals surface area contributed by atoms with Crippen molar-refractivity contribution in [3.63, 3.8) is 0 Å². The molecule has 134 valence electrons. The molecule has 0 radical (unpaired) electrons. The first-order valence-corrected chi connectivity index (χ1v) is 8.83. The van der Waals surface area contributed by atoms with Crippen LogP contribution in [0, 0.1) is 11.7 Å². The van der Waals surface area contributed by atoms with Gasteiger partial charge in [-0.2, -0.15) is 0 Å². The van der Waals surface area contributed by atoms with Crippen molar-refractivity contribution in [3.05, 3.63) is 40.8 Å². The molecule has 3 N–H and O–H groups in total. The highest BCUT2D eigenvalue weighted by Crippen LogP contribution is 2.33. The van der Waals surface area contributed by atoms with Gasteiger partial charge in [-0.1, -0.05) is 13.8 Å². The number of aromatic nitrogens is 2. The van der Waals surface area contributed by atoms with Crippen molar-refractivity contribution in [1.82, 2.24) is 9.78 Å². The molecule has 0 aliphatic heterocycles. The maximum atomic E-state index is 13.8. The van der Waals surface area contributed by atoms with Crippen molar-refractivity contribution in [1.29, 1.82) is 0 Å². The molecule has 2 atom stereocenters. The molecule has 2 aromatic rings. The first-order valence-electron chi connectivity index (χ1n) is 8.83. The van der Waals surface area contributed by atoms with Gasteiger partial charge in [0.1, 0.15) is 11.6 Å². The summed E-state index contributed by atoms with van der Waals surface area (Å²) in [5, 5.41) is 7.37. The molecule has 1 aromatic carbocycles. The third-order valence-corrected chi connectivity index (χ3v) is 5.12. The Kier molecular flexibility index (Phi) is 4.79. The van der Waals surface area contributed by atoms with Crippen LogP contribution in [-0.4, -0.2) is 22.7 Å². The predicted molar refractivity (Wildman–Crippen MR) is 97.4 cm³/mol. The molecule has 1 aromatic heterocycles. The van der Waals surface area contributed by atoms with E-state index in [1.165, 1.54) is 16.8 Å². The maximum absolute atomic E-state index is 13.8. The van der Waals surface area contributed by atoms with Crippen LogP contribution in [0.5, 0.6) is 0 Å². The summed E-state index contributed by atoms with van der Waals surface area (Å²) < 4.78 is 15.3. The van der Waals surface area contributed by atoms with Gasteiger partial charge < -0.3 is 11.1 Å². The van der Waals surface area contributed by atoms with Crippen molar-refractivity contribution < 1.29 is 9.18 Å². The highest BCUT2D eigenvalue weighted by atomic mass is 19.1. The van der Waals surface area contributed by atoms with Crippen LogP contribution in [0.2, 0.25) is 0 Å². The van der Waals surface area contributed by atoms with Gasteiger partial charge in [-0.15, -0.1) is 5.10 Å². The number of nitrogens with two attached hydrogens (primary N) is 1. The number of nitrogens with zero attached hydrogens (tertiary/aromatic N) is 2. The molecule has 1 aliphatic rings. The Hall–Kier alpha value is -2.37. The van der Waals surface area contributed by atoms with Crippen LogP contribution in [0.3, 0.4) is 0 Å². The average Bonchev–Trinajstić information content (AvgIpc) is 2.92. The first-order chi connectivity index (χ1) is 12.0. The van der Waals surface area contributed by atoms with Crippen LogP contribution in [0.4, 0.5) is 15.9 Å². The predicted octanol–water partition coefficient (Wildman–Crippen LogP) is 3.60. The number of carbonyl (C=O) groups excluding carboxylic acids is 1. The summed E-state index contributed by atoms with van der Waals surface area (Å²) in [5.41, 5.74) is 9.39. The molecule has 2 unspecified atom stereocenters. The summed E-state index contributed by atoms with van der Waals surface area (Å²) in [4.78, 5) is 13.2. The number of nitrogens with one attached hydrogen (secondary N) is 1. The Morgan fingerprint density at radius 3 is 2.96 bits per heavy atom. The van der Waals surface area contributed by atoms with Crippen molar-refractivity contribution in [2.45, 2.75) is 45.4 Å². The normalized spacial score (nSPS) is 17.8. The zero-order valence-electron chi connectivity index (χ0n) is 15.0. The van der Waals surface area contributed by atoms with Gasteiger partial charge in [0.25, 0.3) is 5.91 Å². The monoisotopic (exact) mass is 344 g/mol. The molecule has 0 fully saturated rings. The molecule has 0 bridgehead atoms. The van der Waals surface area contributed by atoms with Crippen LogP contribution in [0.1, 0.15) is 54.2 Å². The molecule has 0 saturated heterocycles. The van der Waals surface area contributed by atoms with Crippen LogP contribution in [0.25, 0.3) is 0 Å². The van der Waals surface area contributed by atoms with Gasteiger partial charge in [0.15, 0.2) is 0 Å². The number of fused-ring (bicyclic) bond motifs is 1. The Bertz CT molecular complexity index is 799. The summed E-state index contributed by atoms with van der Waals surface area (Å²) in [5.74, 6) is 0.0190. The zero-order valence-corrected chi connectivity index (χ0v) is 15.0. The first kappa shape index (κ1) is 17.5. The molecule has 25 heavy (non-hydrogen) atoms. The topological polar surface area (TPSA) is 72.9 Å². The number of nitrogen functional groups attached to an aromatic ring is 1. The van der Waals surface area contributed by atoms with E-state index in [1.807, 2.05) is 6.92 Å². The molecular weight excluding hydrogens is 319 g/mol. The summed E-state index contributed by atoms with van der Waals surface area (Å²) in [6.45, 7) is 4.11. The zero-order chi connectivity index (χ0) is 18.1. The molecule has 0 spiro atoms. The second-order valence-electron chi connectivity index (χ2n) is 6.85. The maximum Gasteiger partial charge on any atom is 0.254 e. The molecule has 5 nitrogen and oxygen atoms in total. The van der Waals surface area contributed by atoms with E-state index in [-0.39, 0.29) is 11.7 Å². The lowest BCUT2D eigenvalue weighted by Gasteiger charge is -2.22. The second kappa shape index (κ2) is 6.86. The van der Waals surface area contributed by atoms with Gasteiger partial charge in [0, 0.05) is 18.3 Å². The van der Waals surface area contributed by atoms with E-state index in [4.69, 9.17) is 5.73 Å². The van der Waals surface area contributed by atoms with Crippen molar-refractivity contribution in [2.24, 2.45) is 5.92 Å².